The van der Waals surface area contributed by atoms with Gasteiger partial charge in [0.15, 0.2) is 0 Å². The largest absolute Gasteiger partial charge is 0.360 e. The zero-order chi connectivity index (χ0) is 13.4. The standard InChI is InChI=1S/C13H25N3S2/c1-13(2,3)11-15-12(18-16-11)14-9-7-5-6-8-10-17-4/h5-10H2,1-4H3,(H,14,15,16). The molecule has 0 fully saturated rings. The van der Waals surface area contributed by atoms with Gasteiger partial charge in [-0.25, -0.2) is 4.98 Å². The Morgan fingerprint density at radius 3 is 2.50 bits per heavy atom. The van der Waals surface area contributed by atoms with E-state index in [2.05, 4.69) is 41.7 Å². The summed E-state index contributed by atoms with van der Waals surface area (Å²) in [6.45, 7) is 7.44. The van der Waals surface area contributed by atoms with Crippen LogP contribution in [0.3, 0.4) is 0 Å². The molecule has 1 aromatic rings. The van der Waals surface area contributed by atoms with Crippen molar-refractivity contribution in [3.05, 3.63) is 5.82 Å². The minimum absolute atomic E-state index is 0.0499. The van der Waals surface area contributed by atoms with Crippen molar-refractivity contribution in [3.8, 4) is 0 Å². The van der Waals surface area contributed by atoms with Gasteiger partial charge >= 0.3 is 0 Å². The lowest BCUT2D eigenvalue weighted by Gasteiger charge is -2.12. The summed E-state index contributed by atoms with van der Waals surface area (Å²) in [4.78, 5) is 4.52. The second-order valence-electron chi connectivity index (χ2n) is 5.51. The normalized spacial score (nSPS) is 11.8. The van der Waals surface area contributed by atoms with Crippen LogP contribution in [-0.2, 0) is 5.41 Å². The van der Waals surface area contributed by atoms with Gasteiger partial charge in [0.25, 0.3) is 0 Å². The fraction of sp³-hybridized carbons (Fsp3) is 0.846. The summed E-state index contributed by atoms with van der Waals surface area (Å²) in [5, 5.41) is 4.33. The summed E-state index contributed by atoms with van der Waals surface area (Å²) in [5.41, 5.74) is 0.0499. The molecule has 18 heavy (non-hydrogen) atoms. The van der Waals surface area contributed by atoms with E-state index in [-0.39, 0.29) is 5.41 Å². The lowest BCUT2D eigenvalue weighted by molar-refractivity contribution is 0.555. The van der Waals surface area contributed by atoms with E-state index in [1.165, 1.54) is 43.0 Å². The lowest BCUT2D eigenvalue weighted by Crippen LogP contribution is -2.13. The molecule has 0 aliphatic heterocycles. The van der Waals surface area contributed by atoms with Crippen molar-refractivity contribution in [2.75, 3.05) is 23.9 Å². The Balaban J connectivity index is 2.14. The molecule has 0 aliphatic carbocycles. The van der Waals surface area contributed by atoms with Crippen molar-refractivity contribution in [2.45, 2.75) is 51.9 Å². The number of thioether (sulfide) groups is 1. The summed E-state index contributed by atoms with van der Waals surface area (Å²) in [7, 11) is 0. The molecule has 0 saturated heterocycles. The average Bonchev–Trinajstić information content (AvgIpc) is 2.76. The molecule has 0 bridgehead atoms. The van der Waals surface area contributed by atoms with Crippen LogP contribution in [0.15, 0.2) is 0 Å². The fourth-order valence-corrected chi connectivity index (χ4v) is 2.79. The molecule has 0 unspecified atom stereocenters. The minimum Gasteiger partial charge on any atom is -0.360 e. The van der Waals surface area contributed by atoms with Gasteiger partial charge in [0.1, 0.15) is 5.82 Å². The van der Waals surface area contributed by atoms with E-state index in [4.69, 9.17) is 0 Å². The highest BCUT2D eigenvalue weighted by molar-refractivity contribution is 7.98. The number of anilines is 1. The first-order chi connectivity index (χ1) is 8.54. The third-order valence-corrected chi connectivity index (χ3v) is 4.02. The van der Waals surface area contributed by atoms with Crippen LogP contribution in [0.2, 0.25) is 0 Å². The Labute approximate surface area is 119 Å². The molecular weight excluding hydrogens is 262 g/mol. The number of rotatable bonds is 8. The molecule has 0 spiro atoms. The topological polar surface area (TPSA) is 37.8 Å². The number of aromatic nitrogens is 2. The maximum absolute atomic E-state index is 4.52. The Morgan fingerprint density at radius 1 is 1.17 bits per heavy atom. The van der Waals surface area contributed by atoms with E-state index >= 15 is 0 Å². The van der Waals surface area contributed by atoms with Crippen molar-refractivity contribution in [2.24, 2.45) is 0 Å². The molecule has 0 atom stereocenters. The first-order valence-corrected chi connectivity index (χ1v) is 8.78. The van der Waals surface area contributed by atoms with Crippen molar-refractivity contribution in [1.29, 1.82) is 0 Å². The Bertz CT molecular complexity index is 331. The Morgan fingerprint density at radius 2 is 1.89 bits per heavy atom. The van der Waals surface area contributed by atoms with Gasteiger partial charge in [0.2, 0.25) is 5.13 Å². The predicted molar refractivity (Wildman–Crippen MR) is 83.9 cm³/mol. The number of nitrogens with zero attached hydrogens (tertiary/aromatic N) is 2. The third-order valence-electron chi connectivity index (χ3n) is 2.65. The van der Waals surface area contributed by atoms with E-state index < -0.39 is 0 Å². The SMILES string of the molecule is CSCCCCCCNc1nc(C(C)(C)C)ns1. The third kappa shape index (κ3) is 6.05. The molecule has 0 aliphatic rings. The van der Waals surface area contributed by atoms with Gasteiger partial charge < -0.3 is 5.32 Å². The molecule has 104 valence electrons. The molecule has 1 heterocycles. The van der Waals surface area contributed by atoms with Crippen LogP contribution in [0.25, 0.3) is 0 Å². The highest BCUT2D eigenvalue weighted by Crippen LogP contribution is 2.22. The predicted octanol–water partition coefficient (Wildman–Crippen LogP) is 4.17. The van der Waals surface area contributed by atoms with Crippen LogP contribution in [-0.4, -0.2) is 27.9 Å². The van der Waals surface area contributed by atoms with Gasteiger partial charge in [-0.15, -0.1) is 0 Å². The fourth-order valence-electron chi connectivity index (χ4n) is 1.52. The first kappa shape index (κ1) is 15.8. The lowest BCUT2D eigenvalue weighted by atomic mass is 9.96. The number of nitrogens with one attached hydrogen (secondary N) is 1. The zero-order valence-corrected chi connectivity index (χ0v) is 13.6. The van der Waals surface area contributed by atoms with E-state index in [0.717, 1.165) is 17.5 Å². The second kappa shape index (κ2) is 8.00. The average molecular weight is 287 g/mol. The maximum Gasteiger partial charge on any atom is 0.202 e. The summed E-state index contributed by atoms with van der Waals surface area (Å²) >= 11 is 3.41. The van der Waals surface area contributed by atoms with Gasteiger partial charge in [-0.2, -0.15) is 16.1 Å². The van der Waals surface area contributed by atoms with Crippen LogP contribution in [0.4, 0.5) is 5.13 Å². The van der Waals surface area contributed by atoms with E-state index in [1.807, 2.05) is 11.8 Å². The molecule has 1 N–H and O–H groups in total. The summed E-state index contributed by atoms with van der Waals surface area (Å²) in [6.07, 6.45) is 7.38. The highest BCUT2D eigenvalue weighted by atomic mass is 32.2. The molecule has 1 aromatic heterocycles. The molecule has 0 saturated carbocycles. The van der Waals surface area contributed by atoms with Gasteiger partial charge in [-0.1, -0.05) is 33.6 Å². The highest BCUT2D eigenvalue weighted by Gasteiger charge is 2.19. The van der Waals surface area contributed by atoms with E-state index in [0.29, 0.717) is 0 Å². The minimum atomic E-state index is 0.0499. The molecule has 5 heteroatoms. The van der Waals surface area contributed by atoms with Crippen LogP contribution >= 0.6 is 23.3 Å². The number of unbranched alkanes of at least 4 members (excludes halogenated alkanes) is 3. The molecule has 3 nitrogen and oxygen atoms in total. The first-order valence-electron chi connectivity index (χ1n) is 6.61. The quantitative estimate of drug-likeness (QED) is 0.728. The van der Waals surface area contributed by atoms with Crippen molar-refractivity contribution >= 4 is 28.4 Å². The zero-order valence-electron chi connectivity index (χ0n) is 12.0. The van der Waals surface area contributed by atoms with Crippen LogP contribution < -0.4 is 5.32 Å². The van der Waals surface area contributed by atoms with Crippen LogP contribution in [0, 0.1) is 0 Å². The Hall–Kier alpha value is -0.290. The molecule has 1 rings (SSSR count). The molecule has 0 amide bonds. The number of hydrogen-bond donors (Lipinski definition) is 1. The summed E-state index contributed by atoms with van der Waals surface area (Å²) in [5.74, 6) is 2.23. The van der Waals surface area contributed by atoms with Crippen molar-refractivity contribution < 1.29 is 0 Å². The molecule has 0 aromatic carbocycles. The molecular formula is C13H25N3S2. The van der Waals surface area contributed by atoms with Crippen LogP contribution in [0.5, 0.6) is 0 Å². The monoisotopic (exact) mass is 287 g/mol. The van der Waals surface area contributed by atoms with Gasteiger partial charge in [0.05, 0.1) is 0 Å². The van der Waals surface area contributed by atoms with Crippen molar-refractivity contribution in [3.63, 3.8) is 0 Å². The number of hydrogen-bond acceptors (Lipinski definition) is 5. The second-order valence-corrected chi connectivity index (χ2v) is 7.24. The van der Waals surface area contributed by atoms with Crippen LogP contribution in [0.1, 0.15) is 52.3 Å². The van der Waals surface area contributed by atoms with Gasteiger partial charge in [-0.3, -0.25) is 0 Å². The summed E-state index contributed by atoms with van der Waals surface area (Å²) < 4.78 is 4.39. The smallest absolute Gasteiger partial charge is 0.202 e. The van der Waals surface area contributed by atoms with Gasteiger partial charge in [-0.05, 0) is 24.9 Å². The van der Waals surface area contributed by atoms with Crippen molar-refractivity contribution in [1.82, 2.24) is 9.36 Å². The van der Waals surface area contributed by atoms with Gasteiger partial charge in [0, 0.05) is 23.5 Å². The summed E-state index contributed by atoms with van der Waals surface area (Å²) in [6, 6.07) is 0. The maximum atomic E-state index is 4.52. The molecule has 0 radical (unpaired) electrons. The Kier molecular flexibility index (Phi) is 7.00. The van der Waals surface area contributed by atoms with E-state index in [9.17, 15) is 0 Å². The van der Waals surface area contributed by atoms with E-state index in [1.54, 1.807) is 0 Å².